The van der Waals surface area contributed by atoms with Crippen LogP contribution in [0.15, 0.2) is 60.7 Å². The summed E-state index contributed by atoms with van der Waals surface area (Å²) in [7, 11) is 0. The number of carbonyl (C=O) groups excluding carboxylic acids is 1. The topological polar surface area (TPSA) is 64.4 Å². The largest absolute Gasteiger partial charge is 0.327 e. The number of benzene rings is 2. The summed E-state index contributed by atoms with van der Waals surface area (Å²) >= 11 is 0. The standard InChI is InChI=1S/C17H20N2O2/c18-16(11-14-7-3-1-4-8-14)12-17(20)19-21-13-15-9-5-2-6-10-15/h1-10,16H,11-13,18H2,(H,19,20)/t16-/m1/s1. The van der Waals surface area contributed by atoms with Crippen molar-refractivity contribution in [1.29, 1.82) is 0 Å². The van der Waals surface area contributed by atoms with Crippen molar-refractivity contribution in [1.82, 2.24) is 5.48 Å². The third-order valence-corrected chi connectivity index (χ3v) is 3.06. The molecule has 0 aliphatic carbocycles. The molecule has 2 aromatic rings. The molecule has 0 fully saturated rings. The van der Waals surface area contributed by atoms with E-state index in [9.17, 15) is 4.79 Å². The lowest BCUT2D eigenvalue weighted by Crippen LogP contribution is -2.33. The zero-order chi connectivity index (χ0) is 14.9. The van der Waals surface area contributed by atoms with E-state index in [1.54, 1.807) is 0 Å². The Bertz CT molecular complexity index is 543. The lowest BCUT2D eigenvalue weighted by atomic mass is 10.0. The zero-order valence-electron chi connectivity index (χ0n) is 11.9. The van der Waals surface area contributed by atoms with Gasteiger partial charge in [-0.15, -0.1) is 0 Å². The van der Waals surface area contributed by atoms with Crippen LogP contribution in [-0.2, 0) is 22.7 Å². The summed E-state index contributed by atoms with van der Waals surface area (Å²) in [6.07, 6.45) is 0.913. The van der Waals surface area contributed by atoms with E-state index in [2.05, 4.69) is 5.48 Å². The minimum absolute atomic E-state index is 0.200. The van der Waals surface area contributed by atoms with Crippen molar-refractivity contribution in [2.24, 2.45) is 5.73 Å². The predicted molar refractivity (Wildman–Crippen MR) is 82.1 cm³/mol. The first-order chi connectivity index (χ1) is 10.2. The van der Waals surface area contributed by atoms with Crippen LogP contribution in [0, 0.1) is 0 Å². The number of hydroxylamine groups is 1. The lowest BCUT2D eigenvalue weighted by Gasteiger charge is -2.12. The maximum Gasteiger partial charge on any atom is 0.245 e. The highest BCUT2D eigenvalue weighted by Gasteiger charge is 2.10. The first-order valence-electron chi connectivity index (χ1n) is 6.98. The molecule has 4 heteroatoms. The molecule has 0 unspecified atom stereocenters. The van der Waals surface area contributed by atoms with Crippen LogP contribution in [0.25, 0.3) is 0 Å². The lowest BCUT2D eigenvalue weighted by molar-refractivity contribution is -0.134. The Labute approximate surface area is 124 Å². The molecule has 2 rings (SSSR count). The molecule has 0 heterocycles. The van der Waals surface area contributed by atoms with E-state index in [1.165, 1.54) is 0 Å². The van der Waals surface area contributed by atoms with Crippen LogP contribution in [0.5, 0.6) is 0 Å². The molecule has 0 spiro atoms. The van der Waals surface area contributed by atoms with Gasteiger partial charge in [0.05, 0.1) is 6.61 Å². The van der Waals surface area contributed by atoms with Crippen LogP contribution in [0.1, 0.15) is 17.5 Å². The van der Waals surface area contributed by atoms with E-state index in [0.717, 1.165) is 11.1 Å². The minimum Gasteiger partial charge on any atom is -0.327 e. The van der Waals surface area contributed by atoms with Crippen molar-refractivity contribution in [2.45, 2.75) is 25.5 Å². The third kappa shape index (κ3) is 5.77. The highest BCUT2D eigenvalue weighted by molar-refractivity contribution is 5.75. The van der Waals surface area contributed by atoms with Gasteiger partial charge in [-0.1, -0.05) is 60.7 Å². The van der Waals surface area contributed by atoms with E-state index < -0.39 is 0 Å². The van der Waals surface area contributed by atoms with E-state index >= 15 is 0 Å². The highest BCUT2D eigenvalue weighted by atomic mass is 16.6. The number of carbonyl (C=O) groups is 1. The van der Waals surface area contributed by atoms with E-state index in [4.69, 9.17) is 10.6 Å². The normalized spacial score (nSPS) is 11.9. The summed E-state index contributed by atoms with van der Waals surface area (Å²) in [5.74, 6) is -0.200. The number of hydrogen-bond acceptors (Lipinski definition) is 3. The van der Waals surface area contributed by atoms with Crippen LogP contribution in [0.4, 0.5) is 0 Å². The molecule has 2 aromatic carbocycles. The predicted octanol–water partition coefficient (Wildman–Crippen LogP) is 2.19. The summed E-state index contributed by atoms with van der Waals surface area (Å²) in [5.41, 5.74) is 10.5. The summed E-state index contributed by atoms with van der Waals surface area (Å²) in [6.45, 7) is 0.348. The van der Waals surface area contributed by atoms with Gasteiger partial charge < -0.3 is 5.73 Å². The molecule has 0 aliphatic rings. The van der Waals surface area contributed by atoms with Crippen molar-refractivity contribution >= 4 is 5.91 Å². The second kappa shape index (κ2) is 8.19. The van der Waals surface area contributed by atoms with Gasteiger partial charge in [0.2, 0.25) is 5.91 Å². The molecule has 0 aromatic heterocycles. The smallest absolute Gasteiger partial charge is 0.245 e. The monoisotopic (exact) mass is 284 g/mol. The van der Waals surface area contributed by atoms with E-state index in [1.807, 2.05) is 60.7 Å². The van der Waals surface area contributed by atoms with Gasteiger partial charge in [-0.3, -0.25) is 9.63 Å². The van der Waals surface area contributed by atoms with Gasteiger partial charge >= 0.3 is 0 Å². The van der Waals surface area contributed by atoms with Gasteiger partial charge in [0, 0.05) is 12.5 Å². The molecule has 0 aliphatic heterocycles. The number of hydrogen-bond donors (Lipinski definition) is 2. The minimum atomic E-state index is -0.215. The van der Waals surface area contributed by atoms with Gasteiger partial charge in [0.15, 0.2) is 0 Å². The quantitative estimate of drug-likeness (QED) is 0.766. The van der Waals surface area contributed by atoms with Gasteiger partial charge in [-0.25, -0.2) is 5.48 Å². The Hall–Kier alpha value is -2.17. The molecule has 0 saturated carbocycles. The number of amides is 1. The Morgan fingerprint density at radius 3 is 2.19 bits per heavy atom. The van der Waals surface area contributed by atoms with Gasteiger partial charge in [0.25, 0.3) is 0 Å². The number of nitrogens with two attached hydrogens (primary N) is 1. The molecule has 0 saturated heterocycles. The molecular weight excluding hydrogens is 264 g/mol. The van der Waals surface area contributed by atoms with Crippen molar-refractivity contribution in [3.63, 3.8) is 0 Å². The average molecular weight is 284 g/mol. The van der Waals surface area contributed by atoms with Gasteiger partial charge in [0.1, 0.15) is 0 Å². The summed E-state index contributed by atoms with van der Waals surface area (Å²) < 4.78 is 0. The fraction of sp³-hybridized carbons (Fsp3) is 0.235. The molecular formula is C17H20N2O2. The van der Waals surface area contributed by atoms with Gasteiger partial charge in [-0.05, 0) is 17.5 Å². The molecule has 3 N–H and O–H groups in total. The Kier molecular flexibility index (Phi) is 5.94. The van der Waals surface area contributed by atoms with Crippen LogP contribution in [-0.4, -0.2) is 11.9 Å². The first-order valence-corrected chi connectivity index (χ1v) is 6.98. The molecule has 0 bridgehead atoms. The van der Waals surface area contributed by atoms with Crippen LogP contribution in [0.3, 0.4) is 0 Å². The van der Waals surface area contributed by atoms with Crippen molar-refractivity contribution in [3.8, 4) is 0 Å². The molecule has 4 nitrogen and oxygen atoms in total. The van der Waals surface area contributed by atoms with Crippen molar-refractivity contribution in [2.75, 3.05) is 0 Å². The fourth-order valence-corrected chi connectivity index (χ4v) is 2.04. The Balaban J connectivity index is 1.67. The first kappa shape index (κ1) is 15.2. The second-order valence-electron chi connectivity index (χ2n) is 4.95. The van der Waals surface area contributed by atoms with Crippen molar-refractivity contribution < 1.29 is 9.63 Å². The maximum atomic E-state index is 11.7. The zero-order valence-corrected chi connectivity index (χ0v) is 11.9. The second-order valence-corrected chi connectivity index (χ2v) is 4.95. The van der Waals surface area contributed by atoms with Gasteiger partial charge in [-0.2, -0.15) is 0 Å². The number of nitrogens with one attached hydrogen (secondary N) is 1. The average Bonchev–Trinajstić information content (AvgIpc) is 2.49. The summed E-state index contributed by atoms with van der Waals surface area (Å²) in [4.78, 5) is 16.9. The molecule has 1 amide bonds. The SMILES string of the molecule is N[C@@H](CC(=O)NOCc1ccccc1)Cc1ccccc1. The fourth-order valence-electron chi connectivity index (χ4n) is 2.04. The van der Waals surface area contributed by atoms with Crippen molar-refractivity contribution in [3.05, 3.63) is 71.8 Å². The van der Waals surface area contributed by atoms with E-state index in [-0.39, 0.29) is 18.4 Å². The van der Waals surface area contributed by atoms with Crippen LogP contribution < -0.4 is 11.2 Å². The Morgan fingerprint density at radius 2 is 1.57 bits per heavy atom. The third-order valence-electron chi connectivity index (χ3n) is 3.06. The molecule has 21 heavy (non-hydrogen) atoms. The molecule has 0 radical (unpaired) electrons. The van der Waals surface area contributed by atoms with Crippen LogP contribution >= 0.6 is 0 Å². The number of rotatable bonds is 7. The molecule has 110 valence electrons. The summed E-state index contributed by atoms with van der Waals surface area (Å²) in [5, 5.41) is 0. The summed E-state index contributed by atoms with van der Waals surface area (Å²) in [6, 6.07) is 19.3. The van der Waals surface area contributed by atoms with Crippen LogP contribution in [0.2, 0.25) is 0 Å². The maximum absolute atomic E-state index is 11.7. The van der Waals surface area contributed by atoms with E-state index in [0.29, 0.717) is 13.0 Å². The molecule has 1 atom stereocenters. The Morgan fingerprint density at radius 1 is 1.00 bits per heavy atom. The highest BCUT2D eigenvalue weighted by Crippen LogP contribution is 2.04.